The molecule has 0 atom stereocenters. The molecule has 0 aromatic rings. The van der Waals surface area contributed by atoms with Gasteiger partial charge in [-0.1, -0.05) is 19.8 Å². The van der Waals surface area contributed by atoms with Gasteiger partial charge in [-0.15, -0.1) is 6.42 Å². The summed E-state index contributed by atoms with van der Waals surface area (Å²) < 4.78 is 10.8. The smallest absolute Gasteiger partial charge is 0.621 e. The van der Waals surface area contributed by atoms with Gasteiger partial charge in [0.05, 0.1) is 12.1 Å². The van der Waals surface area contributed by atoms with Crippen molar-refractivity contribution >= 4 is 6.09 Å². The van der Waals surface area contributed by atoms with Crippen molar-refractivity contribution in [3.8, 4) is 0 Å². The summed E-state index contributed by atoms with van der Waals surface area (Å²) in [5.74, 6) is 0. The summed E-state index contributed by atoms with van der Waals surface area (Å²) in [5, 5.41) is 0. The van der Waals surface area contributed by atoms with Gasteiger partial charge in [-0.2, -0.15) is 6.61 Å². The van der Waals surface area contributed by atoms with Gasteiger partial charge in [0.15, 0.2) is 0 Å². The summed E-state index contributed by atoms with van der Waals surface area (Å²) in [6.45, 7) is 12.0. The Morgan fingerprint density at radius 2 is 2.00 bits per heavy atom. The molecule has 5 heteroatoms. The maximum Gasteiger partial charge on any atom is 1.00 e. The van der Waals surface area contributed by atoms with E-state index in [-0.39, 0.29) is 30.5 Å². The van der Waals surface area contributed by atoms with Gasteiger partial charge in [-0.05, 0) is 27.7 Å². The molecule has 1 aliphatic heterocycles. The van der Waals surface area contributed by atoms with Crippen LogP contribution in [0.5, 0.6) is 0 Å². The minimum atomic E-state index is -0.598. The number of hydrogen-bond donors (Lipinski definition) is 0. The average Bonchev–Trinajstić information content (AvgIpc) is 2.43. The first-order chi connectivity index (χ1) is 7.81. The standard InChI is InChI=1S/C13H24NO3.Li/c1-6-7-8-9-16-11(15)14-12(2,3)10-17-13(14,4)5;/h9H,6-8,10H2,1-5H3;/q-1;+1. The van der Waals surface area contributed by atoms with Crippen LogP contribution in [0.15, 0.2) is 0 Å². The predicted octanol–water partition coefficient (Wildman–Crippen LogP) is 0.326. The Hall–Kier alpha value is -0.173. The third-order valence-corrected chi connectivity index (χ3v) is 2.96. The zero-order valence-corrected chi connectivity index (χ0v) is 12.6. The molecule has 18 heavy (non-hydrogen) atoms. The molecule has 0 bridgehead atoms. The molecule has 0 saturated carbocycles. The second-order valence-corrected chi connectivity index (χ2v) is 5.58. The van der Waals surface area contributed by atoms with E-state index in [9.17, 15) is 4.79 Å². The summed E-state index contributed by atoms with van der Waals surface area (Å²) in [6.07, 6.45) is 2.61. The summed E-state index contributed by atoms with van der Waals surface area (Å²) in [6, 6.07) is 0. The Labute approximate surface area is 123 Å². The van der Waals surface area contributed by atoms with Crippen LogP contribution >= 0.6 is 0 Å². The van der Waals surface area contributed by atoms with Crippen molar-refractivity contribution < 1.29 is 33.1 Å². The van der Waals surface area contributed by atoms with Gasteiger partial charge < -0.3 is 9.47 Å². The van der Waals surface area contributed by atoms with Crippen molar-refractivity contribution in [1.82, 2.24) is 4.90 Å². The molecule has 1 rings (SSSR count). The molecule has 0 aromatic carbocycles. The molecule has 100 valence electrons. The minimum absolute atomic E-state index is 0. The van der Waals surface area contributed by atoms with Gasteiger partial charge in [0.25, 0.3) is 0 Å². The van der Waals surface area contributed by atoms with E-state index in [4.69, 9.17) is 9.47 Å². The summed E-state index contributed by atoms with van der Waals surface area (Å²) in [7, 11) is 0. The minimum Gasteiger partial charge on any atom is -0.621 e. The van der Waals surface area contributed by atoms with E-state index in [0.29, 0.717) is 6.61 Å². The van der Waals surface area contributed by atoms with E-state index in [2.05, 4.69) is 6.92 Å². The molecule has 0 aromatic heterocycles. The second kappa shape index (κ2) is 6.84. The molecule has 0 N–H and O–H groups in total. The van der Waals surface area contributed by atoms with Gasteiger partial charge in [-0.25, -0.2) is 4.79 Å². The number of unbranched alkanes of at least 4 members (excludes halogenated alkanes) is 2. The topological polar surface area (TPSA) is 38.8 Å². The van der Waals surface area contributed by atoms with Crippen molar-refractivity contribution in [3.63, 3.8) is 0 Å². The van der Waals surface area contributed by atoms with Crippen molar-refractivity contribution in [2.45, 2.75) is 65.1 Å². The van der Waals surface area contributed by atoms with Crippen LogP contribution in [0.4, 0.5) is 4.79 Å². The molecule has 1 heterocycles. The number of amides is 1. The van der Waals surface area contributed by atoms with E-state index in [1.54, 1.807) is 11.5 Å². The van der Waals surface area contributed by atoms with Crippen molar-refractivity contribution in [2.75, 3.05) is 6.61 Å². The molecule has 0 spiro atoms. The number of carbonyl (C=O) groups is 1. The van der Waals surface area contributed by atoms with Crippen LogP contribution in [0.1, 0.15) is 53.9 Å². The van der Waals surface area contributed by atoms with E-state index >= 15 is 0 Å². The van der Waals surface area contributed by atoms with Crippen LogP contribution in [0, 0.1) is 6.61 Å². The van der Waals surface area contributed by atoms with Crippen LogP contribution in [0.3, 0.4) is 0 Å². The van der Waals surface area contributed by atoms with E-state index in [1.165, 1.54) is 0 Å². The van der Waals surface area contributed by atoms with Crippen LogP contribution in [0.25, 0.3) is 0 Å². The van der Waals surface area contributed by atoms with Gasteiger partial charge in [0.2, 0.25) is 0 Å². The maximum atomic E-state index is 12.0. The summed E-state index contributed by atoms with van der Waals surface area (Å²) >= 11 is 0. The van der Waals surface area contributed by atoms with E-state index in [1.807, 2.05) is 27.7 Å². The summed E-state index contributed by atoms with van der Waals surface area (Å²) in [5.41, 5.74) is -0.918. The molecule has 0 unspecified atom stereocenters. The summed E-state index contributed by atoms with van der Waals surface area (Å²) in [4.78, 5) is 13.7. The third kappa shape index (κ3) is 4.19. The van der Waals surface area contributed by atoms with E-state index < -0.39 is 5.72 Å². The number of carbonyl (C=O) groups excluding carboxylic acids is 1. The normalized spacial score (nSPS) is 20.4. The molecule has 1 fully saturated rings. The number of hydrogen-bond acceptors (Lipinski definition) is 3. The Balaban J connectivity index is 0.00000289. The molecule has 1 saturated heterocycles. The Kier molecular flexibility index (Phi) is 6.77. The van der Waals surface area contributed by atoms with Crippen LogP contribution in [-0.4, -0.2) is 28.9 Å². The molecule has 0 radical (unpaired) electrons. The molecule has 0 aliphatic carbocycles. The fourth-order valence-corrected chi connectivity index (χ4v) is 2.15. The first-order valence-electron chi connectivity index (χ1n) is 6.28. The Morgan fingerprint density at radius 1 is 1.39 bits per heavy atom. The van der Waals surface area contributed by atoms with Crippen molar-refractivity contribution in [3.05, 3.63) is 6.61 Å². The third-order valence-electron chi connectivity index (χ3n) is 2.96. The van der Waals surface area contributed by atoms with Gasteiger partial charge in [0, 0.05) is 0 Å². The number of rotatable bonds is 4. The Morgan fingerprint density at radius 3 is 2.44 bits per heavy atom. The van der Waals surface area contributed by atoms with E-state index in [0.717, 1.165) is 19.3 Å². The zero-order valence-electron chi connectivity index (χ0n) is 12.6. The SMILES string of the molecule is CCCC[CH-]OC(=O)N1C(C)(C)COC1(C)C.[Li+]. The van der Waals surface area contributed by atoms with Crippen molar-refractivity contribution in [1.29, 1.82) is 0 Å². The quantitative estimate of drug-likeness (QED) is 0.409. The molecule has 1 amide bonds. The average molecular weight is 249 g/mol. The first kappa shape index (κ1) is 17.8. The number of ether oxygens (including phenoxy) is 2. The Bertz CT molecular complexity index is 263. The fraction of sp³-hybridized carbons (Fsp3) is 0.846. The van der Waals surface area contributed by atoms with Crippen LogP contribution < -0.4 is 18.9 Å². The largest absolute Gasteiger partial charge is 1.00 e. The van der Waals surface area contributed by atoms with Gasteiger partial charge in [0.1, 0.15) is 5.72 Å². The monoisotopic (exact) mass is 249 g/mol. The molecular formula is C13H24LiNO3. The molecular weight excluding hydrogens is 225 g/mol. The number of nitrogens with zero attached hydrogens (tertiary/aromatic N) is 1. The van der Waals surface area contributed by atoms with Gasteiger partial charge in [-0.3, -0.25) is 4.90 Å². The van der Waals surface area contributed by atoms with Crippen molar-refractivity contribution in [2.24, 2.45) is 0 Å². The zero-order chi connectivity index (χ0) is 13.1. The second-order valence-electron chi connectivity index (χ2n) is 5.58. The first-order valence-corrected chi connectivity index (χ1v) is 6.28. The predicted molar refractivity (Wildman–Crippen MR) is 66.3 cm³/mol. The van der Waals surface area contributed by atoms with Crippen LogP contribution in [-0.2, 0) is 9.47 Å². The fourth-order valence-electron chi connectivity index (χ4n) is 2.15. The molecule has 4 nitrogen and oxygen atoms in total. The van der Waals surface area contributed by atoms with Gasteiger partial charge >= 0.3 is 25.0 Å². The van der Waals surface area contributed by atoms with Crippen LogP contribution in [0.2, 0.25) is 0 Å². The maximum absolute atomic E-state index is 12.0. The molecule has 1 aliphatic rings.